The first-order chi connectivity index (χ1) is 14.3. The number of methoxy groups -OCH3 is 1. The van der Waals surface area contributed by atoms with Gasteiger partial charge in [0.2, 0.25) is 0 Å². The van der Waals surface area contributed by atoms with Crippen molar-refractivity contribution in [2.45, 2.75) is 19.6 Å². The number of nitro groups is 1. The summed E-state index contributed by atoms with van der Waals surface area (Å²) in [6.07, 6.45) is -1.06. The van der Waals surface area contributed by atoms with Gasteiger partial charge in [-0.2, -0.15) is 0 Å². The van der Waals surface area contributed by atoms with Crippen molar-refractivity contribution in [3.63, 3.8) is 0 Å². The summed E-state index contributed by atoms with van der Waals surface area (Å²) < 4.78 is 10.0. The molecule has 0 aliphatic carbocycles. The van der Waals surface area contributed by atoms with Gasteiger partial charge in [0, 0.05) is 24.2 Å². The molecule has 2 aromatic rings. The second-order valence-electron chi connectivity index (χ2n) is 6.19. The maximum Gasteiger partial charge on any atom is 0.326 e. The Kier molecular flexibility index (Phi) is 7.86. The molecule has 0 aromatic heterocycles. The second-order valence-corrected chi connectivity index (χ2v) is 6.19. The lowest BCUT2D eigenvalue weighted by atomic mass is 10.2. The Morgan fingerprint density at radius 1 is 1.10 bits per heavy atom. The van der Waals surface area contributed by atoms with Crippen LogP contribution in [0.4, 0.5) is 5.69 Å². The van der Waals surface area contributed by atoms with Gasteiger partial charge < -0.3 is 20.1 Å². The van der Waals surface area contributed by atoms with Crippen molar-refractivity contribution in [3.05, 3.63) is 69.8 Å². The molecular formula is C20H21N3O7. The smallest absolute Gasteiger partial charge is 0.326 e. The van der Waals surface area contributed by atoms with Crippen molar-refractivity contribution in [2.75, 3.05) is 13.7 Å². The van der Waals surface area contributed by atoms with Gasteiger partial charge in [-0.25, -0.2) is 0 Å². The molecule has 158 valence electrons. The highest BCUT2D eigenvalue weighted by Crippen LogP contribution is 2.13. The molecule has 2 amide bonds. The van der Waals surface area contributed by atoms with E-state index in [1.165, 1.54) is 25.1 Å². The highest BCUT2D eigenvalue weighted by molar-refractivity contribution is 5.96. The number of amides is 2. The summed E-state index contributed by atoms with van der Waals surface area (Å²) in [6.45, 7) is 1.16. The summed E-state index contributed by atoms with van der Waals surface area (Å²) in [7, 11) is 1.55. The van der Waals surface area contributed by atoms with Crippen molar-refractivity contribution in [3.8, 4) is 5.75 Å². The molecule has 0 aliphatic rings. The van der Waals surface area contributed by atoms with E-state index < -0.39 is 35.4 Å². The number of esters is 1. The number of carbonyl (C=O) groups is 3. The first-order valence-electron chi connectivity index (χ1n) is 8.93. The van der Waals surface area contributed by atoms with Crippen LogP contribution in [0.5, 0.6) is 5.75 Å². The zero-order chi connectivity index (χ0) is 22.1. The minimum atomic E-state index is -1.06. The van der Waals surface area contributed by atoms with Crippen LogP contribution < -0.4 is 15.4 Å². The van der Waals surface area contributed by atoms with Crippen LogP contribution in [-0.2, 0) is 20.9 Å². The van der Waals surface area contributed by atoms with E-state index in [-0.39, 0.29) is 17.8 Å². The number of non-ortho nitro benzene ring substituents is 1. The van der Waals surface area contributed by atoms with E-state index >= 15 is 0 Å². The fourth-order valence-electron chi connectivity index (χ4n) is 2.38. The van der Waals surface area contributed by atoms with E-state index in [0.717, 1.165) is 11.6 Å². The van der Waals surface area contributed by atoms with E-state index in [4.69, 9.17) is 9.47 Å². The van der Waals surface area contributed by atoms with Gasteiger partial charge >= 0.3 is 5.97 Å². The third-order valence-electron chi connectivity index (χ3n) is 4.02. The van der Waals surface area contributed by atoms with Gasteiger partial charge in [0.1, 0.15) is 12.3 Å². The highest BCUT2D eigenvalue weighted by atomic mass is 16.6. The zero-order valence-electron chi connectivity index (χ0n) is 16.4. The Bertz CT molecular complexity index is 928. The van der Waals surface area contributed by atoms with Crippen molar-refractivity contribution in [1.82, 2.24) is 10.6 Å². The van der Waals surface area contributed by atoms with Gasteiger partial charge in [0.25, 0.3) is 17.5 Å². The molecule has 10 nitrogen and oxygen atoms in total. The van der Waals surface area contributed by atoms with Crippen molar-refractivity contribution < 1.29 is 28.8 Å². The molecule has 30 heavy (non-hydrogen) atoms. The lowest BCUT2D eigenvalue weighted by molar-refractivity contribution is -0.384. The third-order valence-corrected chi connectivity index (χ3v) is 4.02. The Morgan fingerprint density at radius 2 is 1.80 bits per heavy atom. The Morgan fingerprint density at radius 3 is 2.43 bits per heavy atom. The number of benzene rings is 2. The molecule has 2 aromatic carbocycles. The number of nitro benzene ring substituents is 1. The molecule has 0 aliphatic heterocycles. The lowest BCUT2D eigenvalue weighted by Crippen LogP contribution is -2.38. The minimum absolute atomic E-state index is 0.0299. The van der Waals surface area contributed by atoms with Crippen LogP contribution in [0.15, 0.2) is 48.5 Å². The zero-order valence-corrected chi connectivity index (χ0v) is 16.4. The normalized spacial score (nSPS) is 11.1. The van der Waals surface area contributed by atoms with Gasteiger partial charge in [0.15, 0.2) is 6.10 Å². The SMILES string of the molecule is COc1ccc(CNC(=O)[C@@H](C)OC(=O)CNC(=O)c2cccc([N+](=O)[O-])c2)cc1. The monoisotopic (exact) mass is 415 g/mol. The van der Waals surface area contributed by atoms with E-state index in [9.17, 15) is 24.5 Å². The summed E-state index contributed by atoms with van der Waals surface area (Å²) in [5.41, 5.74) is 0.626. The fourth-order valence-corrected chi connectivity index (χ4v) is 2.38. The number of hydrogen-bond acceptors (Lipinski definition) is 7. The van der Waals surface area contributed by atoms with Crippen molar-refractivity contribution in [2.24, 2.45) is 0 Å². The predicted octanol–water partition coefficient (Wildman–Crippen LogP) is 1.58. The van der Waals surface area contributed by atoms with Gasteiger partial charge in [-0.05, 0) is 30.7 Å². The summed E-state index contributed by atoms with van der Waals surface area (Å²) in [5, 5.41) is 15.7. The molecule has 0 spiro atoms. The van der Waals surface area contributed by atoms with Crippen LogP contribution in [0, 0.1) is 10.1 Å². The maximum atomic E-state index is 12.1. The molecule has 2 rings (SSSR count). The number of nitrogens with zero attached hydrogens (tertiary/aromatic N) is 1. The Hall–Kier alpha value is -3.95. The molecule has 0 saturated heterocycles. The number of rotatable bonds is 9. The minimum Gasteiger partial charge on any atom is -0.497 e. The van der Waals surface area contributed by atoms with Crippen LogP contribution in [0.2, 0.25) is 0 Å². The van der Waals surface area contributed by atoms with Crippen LogP contribution in [-0.4, -0.2) is 42.5 Å². The van der Waals surface area contributed by atoms with E-state index in [0.29, 0.717) is 5.75 Å². The molecule has 0 heterocycles. The van der Waals surface area contributed by atoms with Crippen molar-refractivity contribution >= 4 is 23.5 Å². The first kappa shape index (κ1) is 22.3. The van der Waals surface area contributed by atoms with Gasteiger partial charge in [-0.1, -0.05) is 18.2 Å². The van der Waals surface area contributed by atoms with Crippen molar-refractivity contribution in [1.29, 1.82) is 0 Å². The molecule has 0 fully saturated rings. The first-order valence-corrected chi connectivity index (χ1v) is 8.93. The summed E-state index contributed by atoms with van der Waals surface area (Å²) in [4.78, 5) is 46.1. The number of carbonyl (C=O) groups excluding carboxylic acids is 3. The van der Waals surface area contributed by atoms with E-state index in [2.05, 4.69) is 10.6 Å². The Balaban J connectivity index is 1.77. The predicted molar refractivity (Wildman–Crippen MR) is 106 cm³/mol. The number of ether oxygens (including phenoxy) is 2. The molecule has 10 heteroatoms. The number of hydrogen-bond donors (Lipinski definition) is 2. The molecular weight excluding hydrogens is 394 g/mol. The summed E-state index contributed by atoms with van der Waals surface area (Å²) in [5.74, 6) is -1.29. The largest absolute Gasteiger partial charge is 0.497 e. The number of nitrogens with one attached hydrogen (secondary N) is 2. The average molecular weight is 415 g/mol. The third kappa shape index (κ3) is 6.59. The van der Waals surface area contributed by atoms with Crippen LogP contribution in [0.1, 0.15) is 22.8 Å². The lowest BCUT2D eigenvalue weighted by Gasteiger charge is -2.14. The van der Waals surface area contributed by atoms with Gasteiger partial charge in [-0.3, -0.25) is 24.5 Å². The van der Waals surface area contributed by atoms with Crippen LogP contribution >= 0.6 is 0 Å². The average Bonchev–Trinajstić information content (AvgIpc) is 2.76. The van der Waals surface area contributed by atoms with E-state index in [1.54, 1.807) is 31.4 Å². The standard InChI is InChI=1S/C20H21N3O7/c1-13(19(25)21-11-14-6-8-17(29-2)9-7-14)30-18(24)12-22-20(26)15-4-3-5-16(10-15)23(27)28/h3-10,13H,11-12H2,1-2H3,(H,21,25)(H,22,26)/t13-/m1/s1. The fraction of sp³-hybridized carbons (Fsp3) is 0.250. The molecule has 0 unspecified atom stereocenters. The van der Waals surface area contributed by atoms with Gasteiger partial charge in [-0.15, -0.1) is 0 Å². The topological polar surface area (TPSA) is 137 Å². The second kappa shape index (κ2) is 10.6. The highest BCUT2D eigenvalue weighted by Gasteiger charge is 2.18. The molecule has 2 N–H and O–H groups in total. The van der Waals surface area contributed by atoms with Crippen LogP contribution in [0.3, 0.4) is 0 Å². The summed E-state index contributed by atoms with van der Waals surface area (Å²) >= 11 is 0. The van der Waals surface area contributed by atoms with Gasteiger partial charge in [0.05, 0.1) is 12.0 Å². The molecule has 1 atom stereocenters. The quantitative estimate of drug-likeness (QED) is 0.360. The maximum absolute atomic E-state index is 12.1. The molecule has 0 saturated carbocycles. The van der Waals surface area contributed by atoms with E-state index in [1.807, 2.05) is 0 Å². The Labute approximate surface area is 172 Å². The summed E-state index contributed by atoms with van der Waals surface area (Å²) in [6, 6.07) is 12.2. The molecule has 0 bridgehead atoms. The van der Waals surface area contributed by atoms with Crippen LogP contribution in [0.25, 0.3) is 0 Å². The molecule has 0 radical (unpaired) electrons.